The molecule has 0 amide bonds. The fourth-order valence-electron chi connectivity index (χ4n) is 2.48. The lowest BCUT2D eigenvalue weighted by Crippen LogP contribution is -2.33. The minimum Gasteiger partial charge on any atom is -0.392 e. The van der Waals surface area contributed by atoms with Crippen LogP contribution in [0.15, 0.2) is 0 Å². The third-order valence-electron chi connectivity index (χ3n) is 3.25. The zero-order valence-corrected chi connectivity index (χ0v) is 11.9. The van der Waals surface area contributed by atoms with Crippen molar-refractivity contribution in [1.82, 2.24) is 4.72 Å². The molecule has 17 heavy (non-hydrogen) atoms. The molecule has 6 heteroatoms. The molecule has 0 spiro atoms. The van der Waals surface area contributed by atoms with Crippen LogP contribution in [0.5, 0.6) is 0 Å². The number of nitrogens with two attached hydrogens (primary N) is 1. The Morgan fingerprint density at radius 2 is 2.18 bits per heavy atom. The fourth-order valence-corrected chi connectivity index (χ4v) is 3.85. The summed E-state index contributed by atoms with van der Waals surface area (Å²) >= 11 is 4.59. The van der Waals surface area contributed by atoms with Gasteiger partial charge in [0, 0.05) is 6.54 Å². The normalized spacial score (nSPS) is 25.7. The number of thiocarbonyl (C=S) groups is 1. The summed E-state index contributed by atoms with van der Waals surface area (Å²) in [5.41, 5.74) is 5.22. The van der Waals surface area contributed by atoms with Crippen molar-refractivity contribution in [2.45, 2.75) is 39.0 Å². The minimum absolute atomic E-state index is 0.0174. The van der Waals surface area contributed by atoms with E-state index in [2.05, 4.69) is 23.9 Å². The summed E-state index contributed by atoms with van der Waals surface area (Å²) in [5.74, 6) is 1.19. The summed E-state index contributed by atoms with van der Waals surface area (Å²) in [6, 6.07) is 0. The van der Waals surface area contributed by atoms with Gasteiger partial charge in [0.2, 0.25) is 10.0 Å². The van der Waals surface area contributed by atoms with Crippen molar-refractivity contribution in [3.05, 3.63) is 0 Å². The lowest BCUT2D eigenvalue weighted by molar-refractivity contribution is 0.271. The number of rotatable bonds is 6. The fraction of sp³-hybridized carbons (Fsp3) is 0.909. The first-order valence-electron chi connectivity index (χ1n) is 6.14. The van der Waals surface area contributed by atoms with E-state index < -0.39 is 10.0 Å². The second-order valence-corrected chi connectivity index (χ2v) is 7.38. The van der Waals surface area contributed by atoms with E-state index >= 15 is 0 Å². The predicted octanol–water partition coefficient (Wildman–Crippen LogP) is 1.41. The average Bonchev–Trinajstić information content (AvgIpc) is 2.15. The Morgan fingerprint density at radius 3 is 2.76 bits per heavy atom. The van der Waals surface area contributed by atoms with Gasteiger partial charge < -0.3 is 5.73 Å². The van der Waals surface area contributed by atoms with E-state index in [1.807, 2.05) is 0 Å². The number of hydrogen-bond donors (Lipinski definition) is 2. The SMILES string of the molecule is CC1CCCC(CCNS(=O)(=O)CC(N)=S)C1. The van der Waals surface area contributed by atoms with Crippen molar-refractivity contribution in [1.29, 1.82) is 0 Å². The van der Waals surface area contributed by atoms with Gasteiger partial charge in [0.05, 0.1) is 4.99 Å². The van der Waals surface area contributed by atoms with Crippen LogP contribution in [0.25, 0.3) is 0 Å². The molecule has 2 atom stereocenters. The van der Waals surface area contributed by atoms with E-state index in [0.29, 0.717) is 12.5 Å². The molecule has 0 heterocycles. The average molecular weight is 278 g/mol. The molecule has 0 radical (unpaired) electrons. The van der Waals surface area contributed by atoms with Crippen LogP contribution in [0.2, 0.25) is 0 Å². The van der Waals surface area contributed by atoms with Gasteiger partial charge in [-0.05, 0) is 24.7 Å². The molecule has 1 saturated carbocycles. The Balaban J connectivity index is 2.25. The lowest BCUT2D eigenvalue weighted by Gasteiger charge is -2.26. The first-order valence-corrected chi connectivity index (χ1v) is 8.21. The second-order valence-electron chi connectivity index (χ2n) is 5.05. The molecule has 100 valence electrons. The monoisotopic (exact) mass is 278 g/mol. The third kappa shape index (κ3) is 6.33. The molecule has 0 aromatic rings. The Labute approximate surface area is 109 Å². The molecule has 0 aromatic heterocycles. The quantitative estimate of drug-likeness (QED) is 0.721. The van der Waals surface area contributed by atoms with Crippen LogP contribution in [0.4, 0.5) is 0 Å². The minimum atomic E-state index is -3.31. The molecule has 2 unspecified atom stereocenters. The summed E-state index contributed by atoms with van der Waals surface area (Å²) in [7, 11) is -3.31. The highest BCUT2D eigenvalue weighted by atomic mass is 32.2. The van der Waals surface area contributed by atoms with Gasteiger partial charge in [-0.2, -0.15) is 0 Å². The van der Waals surface area contributed by atoms with Gasteiger partial charge in [-0.1, -0.05) is 38.4 Å². The molecule has 0 bridgehead atoms. The Morgan fingerprint density at radius 1 is 1.47 bits per heavy atom. The Hall–Kier alpha value is -0.200. The molecule has 0 aliphatic heterocycles. The highest BCUT2D eigenvalue weighted by Crippen LogP contribution is 2.30. The predicted molar refractivity (Wildman–Crippen MR) is 74.3 cm³/mol. The summed E-state index contributed by atoms with van der Waals surface area (Å²) in [6.07, 6.45) is 5.94. The number of sulfonamides is 1. The van der Waals surface area contributed by atoms with Gasteiger partial charge >= 0.3 is 0 Å². The first-order chi connectivity index (χ1) is 7.89. The number of hydrogen-bond acceptors (Lipinski definition) is 3. The maximum atomic E-state index is 11.5. The van der Waals surface area contributed by atoms with Gasteiger partial charge in [0.25, 0.3) is 0 Å². The smallest absolute Gasteiger partial charge is 0.218 e. The first kappa shape index (κ1) is 14.9. The van der Waals surface area contributed by atoms with Crippen molar-refractivity contribution in [2.75, 3.05) is 12.3 Å². The number of nitrogens with one attached hydrogen (secondary N) is 1. The highest BCUT2D eigenvalue weighted by molar-refractivity contribution is 7.92. The standard InChI is InChI=1S/C11H22N2O2S2/c1-9-3-2-4-10(7-9)5-6-13-17(14,15)8-11(12)16/h9-10,13H,2-8H2,1H3,(H2,12,16). The molecule has 1 rings (SSSR count). The van der Waals surface area contributed by atoms with Crippen LogP contribution in [0.3, 0.4) is 0 Å². The maximum absolute atomic E-state index is 11.5. The largest absolute Gasteiger partial charge is 0.392 e. The van der Waals surface area contributed by atoms with E-state index in [1.165, 1.54) is 25.7 Å². The summed E-state index contributed by atoms with van der Waals surface area (Å²) in [6.45, 7) is 2.77. The van der Waals surface area contributed by atoms with Gasteiger partial charge in [0.1, 0.15) is 5.75 Å². The van der Waals surface area contributed by atoms with Crippen LogP contribution in [-0.2, 0) is 10.0 Å². The lowest BCUT2D eigenvalue weighted by atomic mass is 9.81. The van der Waals surface area contributed by atoms with E-state index in [4.69, 9.17) is 5.73 Å². The highest BCUT2D eigenvalue weighted by Gasteiger charge is 2.19. The Bertz CT molecular complexity index is 354. The van der Waals surface area contributed by atoms with Crippen LogP contribution < -0.4 is 10.5 Å². The van der Waals surface area contributed by atoms with Gasteiger partial charge in [-0.25, -0.2) is 13.1 Å². The van der Waals surface area contributed by atoms with E-state index in [1.54, 1.807) is 0 Å². The van der Waals surface area contributed by atoms with Crippen molar-refractivity contribution in [3.8, 4) is 0 Å². The molecule has 1 aliphatic rings. The molecule has 0 saturated heterocycles. The third-order valence-corrected chi connectivity index (χ3v) is 4.91. The van der Waals surface area contributed by atoms with Crippen LogP contribution in [0.1, 0.15) is 39.0 Å². The zero-order chi connectivity index (χ0) is 12.9. The molecule has 1 aliphatic carbocycles. The van der Waals surface area contributed by atoms with Crippen molar-refractivity contribution >= 4 is 27.2 Å². The van der Waals surface area contributed by atoms with Crippen molar-refractivity contribution in [2.24, 2.45) is 17.6 Å². The zero-order valence-electron chi connectivity index (χ0n) is 10.3. The van der Waals surface area contributed by atoms with Crippen LogP contribution in [0, 0.1) is 11.8 Å². The summed E-state index contributed by atoms with van der Waals surface area (Å²) < 4.78 is 25.5. The van der Waals surface area contributed by atoms with Crippen molar-refractivity contribution in [3.63, 3.8) is 0 Å². The molecule has 0 aromatic carbocycles. The topological polar surface area (TPSA) is 72.2 Å². The van der Waals surface area contributed by atoms with Crippen LogP contribution >= 0.6 is 12.2 Å². The van der Waals surface area contributed by atoms with E-state index in [-0.39, 0.29) is 10.7 Å². The van der Waals surface area contributed by atoms with E-state index in [9.17, 15) is 8.42 Å². The van der Waals surface area contributed by atoms with Crippen LogP contribution in [-0.4, -0.2) is 25.7 Å². The van der Waals surface area contributed by atoms with Crippen molar-refractivity contribution < 1.29 is 8.42 Å². The molecular formula is C11H22N2O2S2. The molecule has 3 N–H and O–H groups in total. The van der Waals surface area contributed by atoms with Gasteiger partial charge in [-0.3, -0.25) is 0 Å². The van der Waals surface area contributed by atoms with Gasteiger partial charge in [0.15, 0.2) is 0 Å². The maximum Gasteiger partial charge on any atom is 0.218 e. The summed E-state index contributed by atoms with van der Waals surface area (Å²) in [4.78, 5) is 0.0174. The molecular weight excluding hydrogens is 256 g/mol. The summed E-state index contributed by atoms with van der Waals surface area (Å²) in [5, 5.41) is 0. The van der Waals surface area contributed by atoms with E-state index in [0.717, 1.165) is 12.3 Å². The second kappa shape index (κ2) is 6.66. The van der Waals surface area contributed by atoms with Gasteiger partial charge in [-0.15, -0.1) is 0 Å². The Kier molecular flexibility index (Phi) is 5.82. The molecule has 4 nitrogen and oxygen atoms in total. The molecule has 1 fully saturated rings.